The first-order chi connectivity index (χ1) is 62.6. The van der Waals surface area contributed by atoms with Crippen molar-refractivity contribution in [2.24, 2.45) is 21.7 Å². The zero-order valence-corrected chi connectivity index (χ0v) is 76.2. The molecule has 0 atom stereocenters. The zero-order chi connectivity index (χ0) is 94.7. The monoisotopic (exact) mass is 1800 g/mol. The lowest BCUT2D eigenvalue weighted by molar-refractivity contribution is 0.000164. The van der Waals surface area contributed by atoms with Gasteiger partial charge in [-0.1, -0.05) is 83.1 Å². The molecular weight excluding hydrogens is 1690 g/mol. The predicted octanol–water partition coefficient (Wildman–Crippen LogP) is 14.8. The molecule has 34 nitrogen and oxygen atoms in total. The Hall–Kier alpha value is -13.0. The molecule has 0 bridgehead atoms. The lowest BCUT2D eigenvalue weighted by atomic mass is 9.86. The van der Waals surface area contributed by atoms with Gasteiger partial charge in [0.2, 0.25) is 11.9 Å². The number of aromatic amines is 4. The van der Waals surface area contributed by atoms with Crippen molar-refractivity contribution in [1.82, 2.24) is 39.9 Å². The number of fused-ring (bicyclic) bond motifs is 4. The standard InChI is InChI=1S/C28H37N3O7.C27H35N3O7.C23H27N3O5.C19H19N3O3/c1-28(2,3)25(32)21-7-10-23-24(19-21)30-27(29-23)31-26(33)20-5-8-22(9-6-20)38-18-17-37-16-15-36-14-13-35-12-11-34-4;1-27(2,3)24(32)20-6-9-22-23(18-20)29-26(28-22)30-25(33)19-4-7-21(8-5-19)37-17-16-36-15-14-35-13-12-34-11-10-31;1-23(2,3)20(28)15-4-9-18-19(14-15)26-21(25-18)22(29)24-16-5-7-17(8-6-16)31-13-12-30-11-10-27;1-19(2,3)16(24)11-4-9-14-15(10-11)22-17(21-14)18(25)20-12-5-7-13(23)8-6-12/h5-10,19H,11-18H2,1-4H3,(H2,29,30,31,33);4-9,18,31H,10-17H2,1-3H3,(H2,28,29,30,33);4-9,14,27H,10-13H2,1-3H3,(H,24,29)(H,25,26);4-10,23H,1-3H3,(H,20,25)(H,21,22). The van der Waals surface area contributed by atoms with E-state index in [9.17, 15) is 43.5 Å². The summed E-state index contributed by atoms with van der Waals surface area (Å²) in [5.41, 5.74) is 7.63. The van der Waals surface area contributed by atoms with Crippen LogP contribution in [0.4, 0.5) is 23.3 Å². The number of aliphatic hydroxyl groups is 2. The quantitative estimate of drug-likeness (QED) is 0.00960. The van der Waals surface area contributed by atoms with E-state index in [0.717, 1.165) is 0 Å². The van der Waals surface area contributed by atoms with E-state index in [1.807, 2.05) is 83.1 Å². The second-order valence-electron chi connectivity index (χ2n) is 33.8. The first kappa shape index (κ1) is 102. The van der Waals surface area contributed by atoms with Gasteiger partial charge >= 0.3 is 0 Å². The number of ketones is 4. The molecule has 0 aliphatic rings. The SMILES string of the molecule is CC(C)(C)C(=O)c1ccc2nc(C(=O)Nc3ccc(O)cc3)[nH]c2c1.CC(C)(C)C(=O)c1ccc2nc(C(=O)Nc3ccc(OCCOCCO)cc3)[nH]c2c1.CC(C)(C)C(=O)c1ccc2nc(NC(=O)c3ccc(OCCOCCOCCOCCO)cc3)[nH]c2c1.COCCOCCOCCOCCOc1ccc(C(=O)Nc2nc3ccc(C(=O)C(C)(C)C)cc3[nH]2)cc1. The molecule has 698 valence electrons. The normalized spacial score (nSPS) is 11.5. The number of nitrogens with one attached hydrogen (secondary N) is 8. The second kappa shape index (κ2) is 49.7. The third-order valence-electron chi connectivity index (χ3n) is 18.9. The van der Waals surface area contributed by atoms with E-state index in [2.05, 4.69) is 61.1 Å². The van der Waals surface area contributed by atoms with Gasteiger partial charge in [0.1, 0.15) is 42.8 Å². The molecule has 0 fully saturated rings. The molecule has 12 aromatic rings. The van der Waals surface area contributed by atoms with Crippen LogP contribution in [0.1, 0.15) is 166 Å². The average molecular weight is 1800 g/mol. The van der Waals surface area contributed by atoms with Crippen molar-refractivity contribution >= 4 is 114 Å². The number of methoxy groups -OCH3 is 1. The molecule has 0 aliphatic heterocycles. The van der Waals surface area contributed by atoms with Crippen LogP contribution in [0.25, 0.3) is 44.1 Å². The van der Waals surface area contributed by atoms with Crippen LogP contribution < -0.4 is 35.5 Å². The summed E-state index contributed by atoms with van der Waals surface area (Å²) in [6.45, 7) is 30.3. The number of aliphatic hydroxyl groups excluding tert-OH is 2. The van der Waals surface area contributed by atoms with Crippen molar-refractivity contribution in [2.45, 2.75) is 83.1 Å². The van der Waals surface area contributed by atoms with E-state index in [0.29, 0.717) is 230 Å². The predicted molar refractivity (Wildman–Crippen MR) is 497 cm³/mol. The van der Waals surface area contributed by atoms with Gasteiger partial charge in [0.15, 0.2) is 34.8 Å². The highest BCUT2D eigenvalue weighted by atomic mass is 16.6. The molecule has 12 rings (SSSR count). The third kappa shape index (κ3) is 32.9. The number of H-pyrrole nitrogens is 4. The van der Waals surface area contributed by atoms with Crippen molar-refractivity contribution in [3.05, 3.63) is 215 Å². The maximum atomic E-state index is 12.7. The van der Waals surface area contributed by atoms with Crippen LogP contribution in [0, 0.1) is 21.7 Å². The number of hydrogen-bond donors (Lipinski definition) is 11. The smallest absolute Gasteiger partial charge is 0.291 e. The minimum atomic E-state index is -0.490. The molecule has 4 amide bonds. The van der Waals surface area contributed by atoms with Gasteiger partial charge in [-0.3, -0.25) is 49.0 Å². The summed E-state index contributed by atoms with van der Waals surface area (Å²) in [5.74, 6) is 1.68. The Kier molecular flexibility index (Phi) is 38.6. The van der Waals surface area contributed by atoms with Crippen molar-refractivity contribution < 1.29 is 106 Å². The zero-order valence-electron chi connectivity index (χ0n) is 76.2. The van der Waals surface area contributed by atoms with Gasteiger partial charge in [-0.05, 0) is 170 Å². The summed E-state index contributed by atoms with van der Waals surface area (Å²) in [5, 5.41) is 37.5. The molecule has 0 spiro atoms. The lowest BCUT2D eigenvalue weighted by Crippen LogP contribution is -2.20. The Labute approximate surface area is 759 Å². The molecule has 0 unspecified atom stereocenters. The molecule has 34 heteroatoms. The van der Waals surface area contributed by atoms with E-state index in [4.69, 9.17) is 62.3 Å². The highest BCUT2D eigenvalue weighted by Gasteiger charge is 2.28. The fraction of sp³-hybridized carbons (Fsp3) is 0.381. The van der Waals surface area contributed by atoms with Gasteiger partial charge in [0, 0.05) is 73.5 Å². The molecule has 0 radical (unpaired) electrons. The molecule has 0 saturated carbocycles. The van der Waals surface area contributed by atoms with Crippen molar-refractivity contribution in [3.8, 4) is 23.0 Å². The van der Waals surface area contributed by atoms with Crippen LogP contribution in [0.5, 0.6) is 23.0 Å². The number of phenolic OH excluding ortho intramolecular Hbond substituents is 1. The summed E-state index contributed by atoms with van der Waals surface area (Å²) < 4.78 is 58.9. The average Bonchev–Trinajstić information content (AvgIpc) is 1.72. The van der Waals surface area contributed by atoms with Crippen LogP contribution in [0.3, 0.4) is 0 Å². The highest BCUT2D eigenvalue weighted by molar-refractivity contribution is 6.09. The lowest BCUT2D eigenvalue weighted by Gasteiger charge is -2.16. The Bertz CT molecular complexity index is 5720. The van der Waals surface area contributed by atoms with Gasteiger partial charge in [-0.15, -0.1) is 0 Å². The summed E-state index contributed by atoms with van der Waals surface area (Å²) in [7, 11) is 1.63. The fourth-order valence-corrected chi connectivity index (χ4v) is 12.1. The van der Waals surface area contributed by atoms with E-state index in [-0.39, 0.29) is 78.1 Å². The number of aromatic nitrogens is 8. The Balaban J connectivity index is 0.000000199. The highest BCUT2D eigenvalue weighted by Crippen LogP contribution is 2.30. The number of benzene rings is 8. The van der Waals surface area contributed by atoms with Gasteiger partial charge < -0.3 is 98.0 Å². The van der Waals surface area contributed by atoms with Crippen molar-refractivity contribution in [2.75, 3.05) is 161 Å². The Morgan fingerprint density at radius 1 is 0.290 bits per heavy atom. The summed E-state index contributed by atoms with van der Waals surface area (Å²) in [4.78, 5) is 130. The Morgan fingerprint density at radius 2 is 0.542 bits per heavy atom. The maximum Gasteiger partial charge on any atom is 0.291 e. The van der Waals surface area contributed by atoms with Crippen molar-refractivity contribution in [3.63, 3.8) is 0 Å². The van der Waals surface area contributed by atoms with E-state index < -0.39 is 27.6 Å². The first-order valence-corrected chi connectivity index (χ1v) is 42.7. The van der Waals surface area contributed by atoms with E-state index >= 15 is 0 Å². The number of Topliss-reactive ketones (excluding diaryl/α,β-unsaturated/α-hetero) is 4. The number of carbonyl (C=O) groups excluding carboxylic acids is 8. The van der Waals surface area contributed by atoms with Crippen LogP contribution in [0.15, 0.2) is 170 Å². The largest absolute Gasteiger partial charge is 0.508 e. The van der Waals surface area contributed by atoms with Crippen LogP contribution >= 0.6 is 0 Å². The summed E-state index contributed by atoms with van der Waals surface area (Å²) >= 11 is 0. The molecule has 4 heterocycles. The third-order valence-corrected chi connectivity index (χ3v) is 18.9. The van der Waals surface area contributed by atoms with Gasteiger partial charge in [0.05, 0.1) is 156 Å². The van der Waals surface area contributed by atoms with Crippen LogP contribution in [0.2, 0.25) is 0 Å². The van der Waals surface area contributed by atoms with Crippen molar-refractivity contribution in [1.29, 1.82) is 0 Å². The van der Waals surface area contributed by atoms with Gasteiger partial charge in [-0.25, -0.2) is 19.9 Å². The number of anilines is 4. The number of phenols is 1. The fourth-order valence-electron chi connectivity index (χ4n) is 12.1. The number of nitrogens with zero attached hydrogens (tertiary/aromatic N) is 4. The number of amides is 4. The number of ether oxygens (including phenoxy) is 11. The topological polar surface area (TPSA) is 462 Å². The molecule has 0 saturated heterocycles. The van der Waals surface area contributed by atoms with E-state index in [1.54, 1.807) is 165 Å². The molecule has 11 N–H and O–H groups in total. The number of hydrogen-bond acceptors (Lipinski definition) is 26. The molecule has 131 heavy (non-hydrogen) atoms. The van der Waals surface area contributed by atoms with Gasteiger partial charge in [-0.2, -0.15) is 0 Å². The van der Waals surface area contributed by atoms with E-state index in [1.165, 1.54) is 12.1 Å². The number of rotatable bonds is 43. The number of aromatic hydroxyl groups is 1. The maximum absolute atomic E-state index is 12.7. The number of imidazole rings is 4. The summed E-state index contributed by atoms with van der Waals surface area (Å²) in [6, 6.07) is 47.6. The minimum Gasteiger partial charge on any atom is -0.508 e. The van der Waals surface area contributed by atoms with Gasteiger partial charge in [0.25, 0.3) is 23.6 Å². The first-order valence-electron chi connectivity index (χ1n) is 42.7. The molecule has 8 aromatic carbocycles. The number of carbonyl (C=O) groups is 8. The Morgan fingerprint density at radius 3 is 0.832 bits per heavy atom. The molecule has 4 aromatic heterocycles. The second-order valence-corrected chi connectivity index (χ2v) is 33.8. The molecular formula is C97H118N12O22. The minimum absolute atomic E-state index is 0.00512. The van der Waals surface area contributed by atoms with Crippen LogP contribution in [-0.2, 0) is 37.9 Å². The van der Waals surface area contributed by atoms with Crippen LogP contribution in [-0.4, -0.2) is 241 Å². The summed E-state index contributed by atoms with van der Waals surface area (Å²) in [6.07, 6.45) is 0. The molecule has 0 aliphatic carbocycles.